The molecule has 0 spiro atoms. The zero-order valence-corrected chi connectivity index (χ0v) is 16.4. The number of fused-ring (bicyclic) bond motifs is 1. The standard InChI is InChI=1S/C21H24N4O4/c1-27-14-20-23-19(24-29-20)10-12-28-16-6-4-11-25(13-16)21(26)18-9-8-15-5-2-3-7-17(15)22-18/h2-3,5,7-9,16H,4,6,10-14H2,1H3. The molecule has 8 nitrogen and oxygen atoms in total. The molecule has 8 heteroatoms. The lowest BCUT2D eigenvalue weighted by atomic mass is 10.1. The molecule has 1 fully saturated rings. The van der Waals surface area contributed by atoms with Gasteiger partial charge in [0.15, 0.2) is 5.82 Å². The summed E-state index contributed by atoms with van der Waals surface area (Å²) in [7, 11) is 1.58. The number of ether oxygens (including phenoxy) is 2. The molecule has 1 aliphatic heterocycles. The van der Waals surface area contributed by atoms with Gasteiger partial charge in [-0.2, -0.15) is 4.98 Å². The molecule has 29 heavy (non-hydrogen) atoms. The lowest BCUT2D eigenvalue weighted by molar-refractivity contribution is 0.00233. The highest BCUT2D eigenvalue weighted by molar-refractivity contribution is 5.95. The van der Waals surface area contributed by atoms with Crippen LogP contribution in [0.2, 0.25) is 0 Å². The number of methoxy groups -OCH3 is 1. The van der Waals surface area contributed by atoms with Gasteiger partial charge in [0.2, 0.25) is 0 Å². The van der Waals surface area contributed by atoms with Gasteiger partial charge in [0, 0.05) is 32.0 Å². The third-order valence-corrected chi connectivity index (χ3v) is 4.94. The molecular weight excluding hydrogens is 372 g/mol. The maximum Gasteiger partial charge on any atom is 0.272 e. The maximum atomic E-state index is 12.9. The summed E-state index contributed by atoms with van der Waals surface area (Å²) < 4.78 is 16.0. The smallest absolute Gasteiger partial charge is 0.272 e. The zero-order valence-electron chi connectivity index (χ0n) is 16.4. The monoisotopic (exact) mass is 396 g/mol. The van der Waals surface area contributed by atoms with E-state index >= 15 is 0 Å². The van der Waals surface area contributed by atoms with Crippen molar-refractivity contribution in [3.05, 3.63) is 53.8 Å². The molecule has 0 radical (unpaired) electrons. The van der Waals surface area contributed by atoms with E-state index in [1.807, 2.05) is 35.2 Å². The third kappa shape index (κ3) is 4.78. The molecule has 3 heterocycles. The summed E-state index contributed by atoms with van der Waals surface area (Å²) in [6.45, 7) is 2.07. The van der Waals surface area contributed by atoms with Gasteiger partial charge in [0.05, 0.1) is 18.2 Å². The highest BCUT2D eigenvalue weighted by atomic mass is 16.5. The fourth-order valence-electron chi connectivity index (χ4n) is 3.50. The molecule has 1 atom stereocenters. The molecule has 1 amide bonds. The van der Waals surface area contributed by atoms with E-state index in [-0.39, 0.29) is 12.0 Å². The van der Waals surface area contributed by atoms with E-state index in [0.717, 1.165) is 30.3 Å². The molecule has 0 bridgehead atoms. The number of amides is 1. The number of para-hydroxylation sites is 1. The minimum atomic E-state index is -0.0496. The highest BCUT2D eigenvalue weighted by Gasteiger charge is 2.26. The maximum absolute atomic E-state index is 12.9. The van der Waals surface area contributed by atoms with Crippen LogP contribution >= 0.6 is 0 Å². The van der Waals surface area contributed by atoms with Gasteiger partial charge in [0.1, 0.15) is 12.3 Å². The molecule has 0 N–H and O–H groups in total. The Hall–Kier alpha value is -2.84. The first-order valence-corrected chi connectivity index (χ1v) is 9.80. The van der Waals surface area contributed by atoms with Gasteiger partial charge in [0.25, 0.3) is 11.8 Å². The molecule has 1 saturated heterocycles. The zero-order chi connectivity index (χ0) is 20.1. The number of aromatic nitrogens is 3. The van der Waals surface area contributed by atoms with Crippen LogP contribution in [0.3, 0.4) is 0 Å². The summed E-state index contributed by atoms with van der Waals surface area (Å²) in [6.07, 6.45) is 2.39. The Bertz CT molecular complexity index is 974. The van der Waals surface area contributed by atoms with Crippen LogP contribution in [-0.2, 0) is 22.5 Å². The average Bonchev–Trinajstić information content (AvgIpc) is 3.21. The Morgan fingerprint density at radius 1 is 1.24 bits per heavy atom. The molecule has 152 valence electrons. The van der Waals surface area contributed by atoms with Gasteiger partial charge in [-0.25, -0.2) is 4.98 Å². The van der Waals surface area contributed by atoms with E-state index in [1.54, 1.807) is 13.2 Å². The minimum Gasteiger partial charge on any atom is -0.376 e. The van der Waals surface area contributed by atoms with Gasteiger partial charge in [-0.1, -0.05) is 29.4 Å². The number of carbonyl (C=O) groups excluding carboxylic acids is 1. The van der Waals surface area contributed by atoms with Crippen molar-refractivity contribution in [1.29, 1.82) is 0 Å². The topological polar surface area (TPSA) is 90.6 Å². The normalized spacial score (nSPS) is 17.0. The first-order valence-electron chi connectivity index (χ1n) is 9.80. The minimum absolute atomic E-state index is 0.00139. The van der Waals surface area contributed by atoms with Crippen LogP contribution < -0.4 is 0 Å². The van der Waals surface area contributed by atoms with Crippen molar-refractivity contribution in [1.82, 2.24) is 20.0 Å². The highest BCUT2D eigenvalue weighted by Crippen LogP contribution is 2.18. The number of pyridine rings is 1. The Labute approximate surface area is 168 Å². The van der Waals surface area contributed by atoms with Crippen LogP contribution in [0, 0.1) is 0 Å². The van der Waals surface area contributed by atoms with Crippen molar-refractivity contribution in [2.45, 2.75) is 32.0 Å². The lowest BCUT2D eigenvalue weighted by Crippen LogP contribution is -2.43. The number of rotatable bonds is 7. The number of piperidine rings is 1. The number of hydrogen-bond donors (Lipinski definition) is 0. The van der Waals surface area contributed by atoms with Gasteiger partial charge < -0.3 is 18.9 Å². The number of likely N-dealkylation sites (tertiary alicyclic amines) is 1. The second kappa shape index (κ2) is 9.11. The number of nitrogens with zero attached hydrogens (tertiary/aromatic N) is 4. The summed E-state index contributed by atoms with van der Waals surface area (Å²) in [5.41, 5.74) is 1.30. The second-order valence-corrected chi connectivity index (χ2v) is 7.06. The van der Waals surface area contributed by atoms with Crippen LogP contribution in [0.15, 0.2) is 40.9 Å². The average molecular weight is 396 g/mol. The molecule has 0 aliphatic carbocycles. The molecular formula is C21H24N4O4. The van der Waals surface area contributed by atoms with Crippen molar-refractivity contribution >= 4 is 16.8 Å². The van der Waals surface area contributed by atoms with Crippen LogP contribution in [0.1, 0.15) is 35.0 Å². The predicted octanol–water partition coefficient (Wildman–Crippen LogP) is 2.63. The third-order valence-electron chi connectivity index (χ3n) is 4.94. The molecule has 3 aromatic rings. The largest absolute Gasteiger partial charge is 0.376 e. The Balaban J connectivity index is 1.31. The fraction of sp³-hybridized carbons (Fsp3) is 0.429. The first kappa shape index (κ1) is 19.5. The SMILES string of the molecule is COCc1nc(CCOC2CCCN(C(=O)c3ccc4ccccc4n3)C2)no1. The molecule has 0 saturated carbocycles. The van der Waals surface area contributed by atoms with E-state index < -0.39 is 0 Å². The first-order chi connectivity index (χ1) is 14.2. The summed E-state index contributed by atoms with van der Waals surface area (Å²) >= 11 is 0. The quantitative estimate of drug-likeness (QED) is 0.606. The molecule has 1 aliphatic rings. The molecule has 1 aromatic carbocycles. The van der Waals surface area contributed by atoms with Gasteiger partial charge in [-0.15, -0.1) is 0 Å². The number of hydrogen-bond acceptors (Lipinski definition) is 7. The van der Waals surface area contributed by atoms with E-state index in [2.05, 4.69) is 15.1 Å². The lowest BCUT2D eigenvalue weighted by Gasteiger charge is -2.32. The van der Waals surface area contributed by atoms with E-state index in [4.69, 9.17) is 14.0 Å². The van der Waals surface area contributed by atoms with Crippen LogP contribution in [-0.4, -0.2) is 58.8 Å². The summed E-state index contributed by atoms with van der Waals surface area (Å²) in [5.74, 6) is 1.01. The number of benzene rings is 1. The fourth-order valence-corrected chi connectivity index (χ4v) is 3.50. The number of carbonyl (C=O) groups is 1. The van der Waals surface area contributed by atoms with Gasteiger partial charge >= 0.3 is 0 Å². The van der Waals surface area contributed by atoms with Crippen LogP contribution in [0.5, 0.6) is 0 Å². The van der Waals surface area contributed by atoms with Crippen LogP contribution in [0.25, 0.3) is 10.9 Å². The van der Waals surface area contributed by atoms with Gasteiger partial charge in [-0.05, 0) is 25.0 Å². The summed E-state index contributed by atoms with van der Waals surface area (Å²) in [4.78, 5) is 23.5. The predicted molar refractivity (Wildman–Crippen MR) is 105 cm³/mol. The Morgan fingerprint density at radius 2 is 2.14 bits per heavy atom. The summed E-state index contributed by atoms with van der Waals surface area (Å²) in [5, 5.41) is 4.93. The van der Waals surface area contributed by atoms with Gasteiger partial charge in [-0.3, -0.25) is 4.79 Å². The Morgan fingerprint density at radius 3 is 3.03 bits per heavy atom. The second-order valence-electron chi connectivity index (χ2n) is 7.06. The molecule has 1 unspecified atom stereocenters. The molecule has 2 aromatic heterocycles. The van der Waals surface area contributed by atoms with Crippen LogP contribution in [0.4, 0.5) is 0 Å². The van der Waals surface area contributed by atoms with Crippen molar-refractivity contribution in [2.75, 3.05) is 26.8 Å². The van der Waals surface area contributed by atoms with Crippen molar-refractivity contribution in [2.24, 2.45) is 0 Å². The van der Waals surface area contributed by atoms with E-state index in [0.29, 0.717) is 43.6 Å². The van der Waals surface area contributed by atoms with E-state index in [9.17, 15) is 4.79 Å². The Kier molecular flexibility index (Phi) is 6.12. The van der Waals surface area contributed by atoms with E-state index in [1.165, 1.54) is 0 Å². The molecule has 4 rings (SSSR count). The van der Waals surface area contributed by atoms with Crippen molar-refractivity contribution in [3.8, 4) is 0 Å². The summed E-state index contributed by atoms with van der Waals surface area (Å²) in [6, 6.07) is 11.5. The van der Waals surface area contributed by atoms with Crippen molar-refractivity contribution in [3.63, 3.8) is 0 Å². The van der Waals surface area contributed by atoms with Crippen molar-refractivity contribution < 1.29 is 18.8 Å².